The van der Waals surface area contributed by atoms with Crippen LogP contribution in [0, 0.1) is 11.3 Å². The monoisotopic (exact) mass is 352 g/mol. The SMILES string of the molecule is CCOC(=O)[C@]12C(=O)O[C@H](c3cccc(OC)c3)[C@H]1[C@@H]2c1ccccc1. The van der Waals surface area contributed by atoms with E-state index in [0.717, 1.165) is 11.1 Å². The van der Waals surface area contributed by atoms with Crippen molar-refractivity contribution in [1.82, 2.24) is 0 Å². The fourth-order valence-corrected chi connectivity index (χ4v) is 4.20. The van der Waals surface area contributed by atoms with Gasteiger partial charge in [0.15, 0.2) is 5.41 Å². The van der Waals surface area contributed by atoms with Gasteiger partial charge in [0.25, 0.3) is 0 Å². The number of benzene rings is 2. The zero-order chi connectivity index (χ0) is 18.3. The summed E-state index contributed by atoms with van der Waals surface area (Å²) in [6.07, 6.45) is -0.493. The molecule has 2 aromatic carbocycles. The Morgan fingerprint density at radius 2 is 1.85 bits per heavy atom. The van der Waals surface area contributed by atoms with Crippen molar-refractivity contribution in [2.45, 2.75) is 18.9 Å². The lowest BCUT2D eigenvalue weighted by Gasteiger charge is -2.17. The number of fused-ring (bicyclic) bond motifs is 1. The lowest BCUT2D eigenvalue weighted by Crippen LogP contribution is -2.29. The van der Waals surface area contributed by atoms with Crippen molar-refractivity contribution in [3.05, 3.63) is 65.7 Å². The van der Waals surface area contributed by atoms with Crippen LogP contribution in [-0.2, 0) is 19.1 Å². The van der Waals surface area contributed by atoms with Gasteiger partial charge >= 0.3 is 11.9 Å². The number of cyclic esters (lactones) is 1. The van der Waals surface area contributed by atoms with E-state index in [-0.39, 0.29) is 18.4 Å². The average Bonchev–Trinajstić information content (AvgIpc) is 3.29. The molecule has 4 atom stereocenters. The molecule has 4 rings (SSSR count). The molecule has 5 nitrogen and oxygen atoms in total. The van der Waals surface area contributed by atoms with E-state index in [0.29, 0.717) is 5.75 Å². The summed E-state index contributed by atoms with van der Waals surface area (Å²) in [6.45, 7) is 1.97. The third kappa shape index (κ3) is 2.23. The fraction of sp³-hybridized carbons (Fsp3) is 0.333. The Labute approximate surface area is 151 Å². The number of hydrogen-bond acceptors (Lipinski definition) is 5. The van der Waals surface area contributed by atoms with E-state index in [1.54, 1.807) is 14.0 Å². The first-order chi connectivity index (χ1) is 12.6. The van der Waals surface area contributed by atoms with E-state index in [1.807, 2.05) is 54.6 Å². The molecule has 0 spiro atoms. The molecule has 0 bridgehead atoms. The van der Waals surface area contributed by atoms with Gasteiger partial charge in [-0.05, 0) is 30.2 Å². The Morgan fingerprint density at radius 3 is 2.54 bits per heavy atom. The molecular formula is C21H20O5. The second-order valence-corrected chi connectivity index (χ2v) is 6.61. The molecule has 1 saturated carbocycles. The van der Waals surface area contributed by atoms with Gasteiger partial charge in [-0.25, -0.2) is 0 Å². The van der Waals surface area contributed by atoms with Crippen molar-refractivity contribution in [3.63, 3.8) is 0 Å². The normalized spacial score (nSPS) is 28.8. The maximum absolute atomic E-state index is 12.8. The first-order valence-corrected chi connectivity index (χ1v) is 8.71. The second-order valence-electron chi connectivity index (χ2n) is 6.61. The highest BCUT2D eigenvalue weighted by atomic mass is 16.6. The Bertz CT molecular complexity index is 846. The van der Waals surface area contributed by atoms with E-state index in [4.69, 9.17) is 14.2 Å². The van der Waals surface area contributed by atoms with Crippen molar-refractivity contribution in [2.75, 3.05) is 13.7 Å². The smallest absolute Gasteiger partial charge is 0.325 e. The average molecular weight is 352 g/mol. The number of methoxy groups -OCH3 is 1. The number of carbonyl (C=O) groups is 2. The summed E-state index contributed by atoms with van der Waals surface area (Å²) in [5.41, 5.74) is 0.535. The summed E-state index contributed by atoms with van der Waals surface area (Å²) in [4.78, 5) is 25.6. The molecule has 0 radical (unpaired) electrons. The quantitative estimate of drug-likeness (QED) is 0.611. The van der Waals surface area contributed by atoms with Crippen LogP contribution < -0.4 is 4.74 Å². The summed E-state index contributed by atoms with van der Waals surface area (Å²) in [7, 11) is 1.59. The molecular weight excluding hydrogens is 332 g/mol. The number of rotatable bonds is 5. The Hall–Kier alpha value is -2.82. The number of carbonyl (C=O) groups excluding carboxylic acids is 2. The van der Waals surface area contributed by atoms with Crippen LogP contribution in [0.1, 0.15) is 30.1 Å². The van der Waals surface area contributed by atoms with Gasteiger partial charge in [0.2, 0.25) is 0 Å². The van der Waals surface area contributed by atoms with E-state index in [9.17, 15) is 9.59 Å². The van der Waals surface area contributed by atoms with Crippen LogP contribution in [0.2, 0.25) is 0 Å². The summed E-state index contributed by atoms with van der Waals surface area (Å²) < 4.78 is 16.2. The Kier molecular flexibility index (Phi) is 3.94. The van der Waals surface area contributed by atoms with Crippen LogP contribution in [-0.4, -0.2) is 25.7 Å². The summed E-state index contributed by atoms with van der Waals surface area (Å²) in [5.74, 6) is -0.815. The van der Waals surface area contributed by atoms with Crippen molar-refractivity contribution in [2.24, 2.45) is 11.3 Å². The molecule has 134 valence electrons. The molecule has 2 fully saturated rings. The lowest BCUT2D eigenvalue weighted by molar-refractivity contribution is -0.161. The van der Waals surface area contributed by atoms with Gasteiger partial charge in [0.05, 0.1) is 13.7 Å². The third-order valence-electron chi connectivity index (χ3n) is 5.36. The largest absolute Gasteiger partial charge is 0.497 e. The van der Waals surface area contributed by atoms with Crippen molar-refractivity contribution in [1.29, 1.82) is 0 Å². The molecule has 1 aliphatic heterocycles. The highest BCUT2D eigenvalue weighted by Crippen LogP contribution is 2.75. The Morgan fingerprint density at radius 1 is 1.12 bits per heavy atom. The molecule has 0 unspecified atom stereocenters. The Balaban J connectivity index is 1.76. The molecule has 2 aliphatic rings. The van der Waals surface area contributed by atoms with Crippen LogP contribution >= 0.6 is 0 Å². The lowest BCUT2D eigenvalue weighted by atomic mass is 9.99. The van der Waals surface area contributed by atoms with E-state index >= 15 is 0 Å². The molecule has 0 amide bonds. The number of ether oxygens (including phenoxy) is 3. The molecule has 0 N–H and O–H groups in total. The standard InChI is InChI=1S/C21H20O5/c1-3-25-19(22)21-16(13-8-5-4-6-9-13)17(21)18(26-20(21)23)14-10-7-11-15(12-14)24-2/h4-12,16-18H,3H2,1-2H3/t16-,17+,18+,21+/m0/s1. The minimum absolute atomic E-state index is 0.228. The highest BCUT2D eigenvalue weighted by Gasteiger charge is 2.83. The molecule has 1 heterocycles. The van der Waals surface area contributed by atoms with Crippen LogP contribution in [0.3, 0.4) is 0 Å². The van der Waals surface area contributed by atoms with Gasteiger partial charge in [-0.15, -0.1) is 0 Å². The molecule has 0 aromatic heterocycles. The van der Waals surface area contributed by atoms with Gasteiger partial charge in [0.1, 0.15) is 11.9 Å². The van der Waals surface area contributed by atoms with E-state index in [1.165, 1.54) is 0 Å². The summed E-state index contributed by atoms with van der Waals surface area (Å²) in [5, 5.41) is 0. The molecule has 2 aromatic rings. The van der Waals surface area contributed by atoms with Crippen LogP contribution in [0.4, 0.5) is 0 Å². The number of esters is 2. The molecule has 26 heavy (non-hydrogen) atoms. The zero-order valence-electron chi connectivity index (χ0n) is 14.7. The van der Waals surface area contributed by atoms with Crippen LogP contribution in [0.15, 0.2) is 54.6 Å². The molecule has 5 heteroatoms. The van der Waals surface area contributed by atoms with Crippen molar-refractivity contribution in [3.8, 4) is 5.75 Å². The summed E-state index contributed by atoms with van der Waals surface area (Å²) >= 11 is 0. The first kappa shape index (κ1) is 16.6. The third-order valence-corrected chi connectivity index (χ3v) is 5.36. The number of hydrogen-bond donors (Lipinski definition) is 0. The van der Waals surface area contributed by atoms with Gasteiger partial charge in [-0.1, -0.05) is 42.5 Å². The van der Waals surface area contributed by atoms with Crippen LogP contribution in [0.25, 0.3) is 0 Å². The van der Waals surface area contributed by atoms with Gasteiger partial charge in [-0.2, -0.15) is 0 Å². The highest BCUT2D eigenvalue weighted by molar-refractivity contribution is 6.08. The maximum atomic E-state index is 12.8. The van der Waals surface area contributed by atoms with Crippen LogP contribution in [0.5, 0.6) is 5.75 Å². The first-order valence-electron chi connectivity index (χ1n) is 8.71. The van der Waals surface area contributed by atoms with Gasteiger partial charge in [0, 0.05) is 11.8 Å². The maximum Gasteiger partial charge on any atom is 0.325 e. The van der Waals surface area contributed by atoms with Gasteiger partial charge in [-0.3, -0.25) is 9.59 Å². The fourth-order valence-electron chi connectivity index (χ4n) is 4.20. The minimum Gasteiger partial charge on any atom is -0.497 e. The van der Waals surface area contributed by atoms with Crippen molar-refractivity contribution >= 4 is 11.9 Å². The second kappa shape index (κ2) is 6.16. The van der Waals surface area contributed by atoms with E-state index in [2.05, 4.69) is 0 Å². The van der Waals surface area contributed by atoms with Gasteiger partial charge < -0.3 is 14.2 Å². The molecule has 1 aliphatic carbocycles. The predicted octanol–water partition coefficient (Wildman–Crippen LogP) is 3.26. The topological polar surface area (TPSA) is 61.8 Å². The van der Waals surface area contributed by atoms with Crippen molar-refractivity contribution < 1.29 is 23.8 Å². The summed E-state index contributed by atoms with van der Waals surface area (Å²) in [6, 6.07) is 17.0. The molecule has 1 saturated heterocycles. The predicted molar refractivity (Wildman–Crippen MR) is 93.6 cm³/mol. The minimum atomic E-state index is -1.24. The zero-order valence-corrected chi connectivity index (χ0v) is 14.7. The van der Waals surface area contributed by atoms with E-state index < -0.39 is 23.5 Å².